The first-order chi connectivity index (χ1) is 8.72. The molecule has 0 aliphatic carbocycles. The zero-order valence-corrected chi connectivity index (χ0v) is 12.0. The first-order valence-corrected chi connectivity index (χ1v) is 6.64. The van der Waals surface area contributed by atoms with Gasteiger partial charge in [0.25, 0.3) is 0 Å². The highest BCUT2D eigenvalue weighted by Gasteiger charge is 2.28. The summed E-state index contributed by atoms with van der Waals surface area (Å²) < 4.78 is 41.7. The fraction of sp³-hybridized carbons (Fsp3) is 0.538. The molecule has 1 rings (SSSR count). The van der Waals surface area contributed by atoms with Crippen LogP contribution >= 0.6 is 11.8 Å². The summed E-state index contributed by atoms with van der Waals surface area (Å²) in [6.45, 7) is 5.19. The third kappa shape index (κ3) is 6.84. The Labute approximate surface area is 115 Å². The highest BCUT2D eigenvalue weighted by atomic mass is 32.2. The molecular weight excluding hydrogens is 275 g/mol. The first-order valence-electron chi connectivity index (χ1n) is 5.82. The number of nitrogens with one attached hydrogen (secondary N) is 1. The molecule has 1 aromatic carbocycles. The van der Waals surface area contributed by atoms with E-state index in [4.69, 9.17) is 4.74 Å². The summed E-state index contributed by atoms with van der Waals surface area (Å²) in [5, 5.41) is 3.21. The lowest BCUT2D eigenvalue weighted by Crippen LogP contribution is -2.36. The summed E-state index contributed by atoms with van der Waals surface area (Å²) in [6, 6.07) is 6.36. The molecule has 1 aromatic rings. The molecule has 0 amide bonds. The zero-order chi connectivity index (χ0) is 14.5. The third-order valence-corrected chi connectivity index (χ3v) is 3.33. The average Bonchev–Trinajstić information content (AvgIpc) is 2.29. The largest absolute Gasteiger partial charge is 0.446 e. The van der Waals surface area contributed by atoms with Crippen LogP contribution in [-0.4, -0.2) is 24.8 Å². The van der Waals surface area contributed by atoms with Crippen LogP contribution < -0.4 is 5.32 Å². The van der Waals surface area contributed by atoms with E-state index in [1.54, 1.807) is 19.2 Å². The summed E-state index contributed by atoms with van der Waals surface area (Å²) in [4.78, 5) is 0.202. The summed E-state index contributed by atoms with van der Waals surface area (Å²) >= 11 is -0.0992. The van der Waals surface area contributed by atoms with E-state index in [2.05, 4.69) is 5.32 Å². The van der Waals surface area contributed by atoms with Gasteiger partial charge in [-0.1, -0.05) is 12.1 Å². The molecule has 0 atom stereocenters. The molecule has 2 nitrogen and oxygen atoms in total. The lowest BCUT2D eigenvalue weighted by atomic mass is 10.1. The van der Waals surface area contributed by atoms with Crippen molar-refractivity contribution in [3.05, 3.63) is 29.8 Å². The van der Waals surface area contributed by atoms with E-state index >= 15 is 0 Å². The molecule has 0 radical (unpaired) electrons. The van der Waals surface area contributed by atoms with E-state index < -0.39 is 5.51 Å². The van der Waals surface area contributed by atoms with Crippen LogP contribution in [0.4, 0.5) is 13.2 Å². The monoisotopic (exact) mass is 293 g/mol. The molecule has 1 N–H and O–H groups in total. The van der Waals surface area contributed by atoms with Crippen LogP contribution in [0, 0.1) is 0 Å². The molecule has 0 heterocycles. The fourth-order valence-electron chi connectivity index (χ4n) is 1.39. The predicted molar refractivity (Wildman–Crippen MR) is 71.1 cm³/mol. The van der Waals surface area contributed by atoms with Gasteiger partial charge in [0.2, 0.25) is 0 Å². The van der Waals surface area contributed by atoms with Crippen molar-refractivity contribution in [2.45, 2.75) is 36.4 Å². The maximum atomic E-state index is 12.2. The molecule has 0 spiro atoms. The number of methoxy groups -OCH3 is 1. The first kappa shape index (κ1) is 16.3. The Balaban J connectivity index is 2.45. The molecule has 0 fully saturated rings. The van der Waals surface area contributed by atoms with Gasteiger partial charge in [-0.15, -0.1) is 0 Å². The molecule has 0 aliphatic heterocycles. The number of rotatable bonds is 6. The zero-order valence-electron chi connectivity index (χ0n) is 11.2. The quantitative estimate of drug-likeness (QED) is 0.806. The maximum Gasteiger partial charge on any atom is 0.446 e. The minimum atomic E-state index is -4.23. The number of benzene rings is 1. The Bertz CT molecular complexity index is 390. The second-order valence-electron chi connectivity index (χ2n) is 4.76. The second-order valence-corrected chi connectivity index (χ2v) is 5.90. The summed E-state index contributed by atoms with van der Waals surface area (Å²) in [5.74, 6) is 0. The standard InChI is InChI=1S/C13H18F3NOS/c1-12(2,18-3)9-17-8-10-4-6-11(7-5-10)19-13(14,15)16/h4-7,17H,8-9H2,1-3H3. The van der Waals surface area contributed by atoms with Gasteiger partial charge < -0.3 is 10.1 Å². The van der Waals surface area contributed by atoms with Crippen molar-refractivity contribution >= 4 is 11.8 Å². The van der Waals surface area contributed by atoms with Gasteiger partial charge in [-0.2, -0.15) is 13.2 Å². The summed E-state index contributed by atoms with van der Waals surface area (Å²) in [6.07, 6.45) is 0. The van der Waals surface area contributed by atoms with Crippen molar-refractivity contribution in [1.29, 1.82) is 0 Å². The van der Waals surface area contributed by atoms with Crippen LogP contribution in [0.1, 0.15) is 19.4 Å². The number of hydrogen-bond donors (Lipinski definition) is 1. The highest BCUT2D eigenvalue weighted by Crippen LogP contribution is 2.36. The van der Waals surface area contributed by atoms with Crippen molar-refractivity contribution in [3.63, 3.8) is 0 Å². The number of alkyl halides is 3. The van der Waals surface area contributed by atoms with Crippen LogP contribution in [0.2, 0.25) is 0 Å². The van der Waals surface area contributed by atoms with Crippen molar-refractivity contribution in [2.24, 2.45) is 0 Å². The Kier molecular flexibility index (Phi) is 5.70. The van der Waals surface area contributed by atoms with Crippen molar-refractivity contribution < 1.29 is 17.9 Å². The number of hydrogen-bond acceptors (Lipinski definition) is 3. The molecular formula is C13H18F3NOS. The van der Waals surface area contributed by atoms with Crippen LogP contribution in [0.3, 0.4) is 0 Å². The van der Waals surface area contributed by atoms with E-state index in [9.17, 15) is 13.2 Å². The summed E-state index contributed by atoms with van der Waals surface area (Å²) in [7, 11) is 1.64. The van der Waals surface area contributed by atoms with Gasteiger partial charge in [-0.3, -0.25) is 0 Å². The molecule has 0 unspecified atom stereocenters. The van der Waals surface area contributed by atoms with Gasteiger partial charge in [0.15, 0.2) is 0 Å². The van der Waals surface area contributed by atoms with E-state index in [-0.39, 0.29) is 22.3 Å². The Morgan fingerprint density at radius 3 is 2.21 bits per heavy atom. The average molecular weight is 293 g/mol. The van der Waals surface area contributed by atoms with E-state index in [1.807, 2.05) is 13.8 Å². The lowest BCUT2D eigenvalue weighted by Gasteiger charge is -2.23. The molecule has 0 aliphatic rings. The van der Waals surface area contributed by atoms with Crippen LogP contribution in [-0.2, 0) is 11.3 Å². The molecule has 108 valence electrons. The van der Waals surface area contributed by atoms with E-state index in [1.165, 1.54) is 12.1 Å². The van der Waals surface area contributed by atoms with E-state index in [0.29, 0.717) is 13.1 Å². The third-order valence-electron chi connectivity index (χ3n) is 2.59. The Hall–Kier alpha value is -0.720. The Morgan fingerprint density at radius 2 is 1.74 bits per heavy atom. The fourth-order valence-corrected chi connectivity index (χ4v) is 1.93. The predicted octanol–water partition coefficient (Wildman–Crippen LogP) is 3.81. The van der Waals surface area contributed by atoms with Crippen LogP contribution in [0.25, 0.3) is 0 Å². The molecule has 6 heteroatoms. The minimum Gasteiger partial charge on any atom is -0.377 e. The van der Waals surface area contributed by atoms with Gasteiger partial charge in [-0.25, -0.2) is 0 Å². The van der Waals surface area contributed by atoms with Gasteiger partial charge >= 0.3 is 5.51 Å². The molecule has 0 bridgehead atoms. The normalized spacial score (nSPS) is 12.7. The smallest absolute Gasteiger partial charge is 0.377 e. The lowest BCUT2D eigenvalue weighted by molar-refractivity contribution is -0.0328. The topological polar surface area (TPSA) is 21.3 Å². The summed E-state index contributed by atoms with van der Waals surface area (Å²) in [5.41, 5.74) is -3.55. The van der Waals surface area contributed by atoms with Crippen LogP contribution in [0.5, 0.6) is 0 Å². The minimum absolute atomic E-state index is 0.0992. The van der Waals surface area contributed by atoms with E-state index in [0.717, 1.165) is 5.56 Å². The van der Waals surface area contributed by atoms with Gasteiger partial charge in [0.05, 0.1) is 5.60 Å². The molecule has 19 heavy (non-hydrogen) atoms. The molecule has 0 aromatic heterocycles. The molecule has 0 saturated heterocycles. The van der Waals surface area contributed by atoms with Gasteiger partial charge in [0.1, 0.15) is 0 Å². The van der Waals surface area contributed by atoms with Gasteiger partial charge in [0, 0.05) is 25.1 Å². The highest BCUT2D eigenvalue weighted by molar-refractivity contribution is 8.00. The van der Waals surface area contributed by atoms with Crippen LogP contribution in [0.15, 0.2) is 29.2 Å². The Morgan fingerprint density at radius 1 is 1.16 bits per heavy atom. The van der Waals surface area contributed by atoms with Crippen molar-refractivity contribution in [2.75, 3.05) is 13.7 Å². The number of ether oxygens (including phenoxy) is 1. The van der Waals surface area contributed by atoms with Gasteiger partial charge in [-0.05, 0) is 43.3 Å². The number of halogens is 3. The number of thioether (sulfide) groups is 1. The van der Waals surface area contributed by atoms with Crippen molar-refractivity contribution in [3.8, 4) is 0 Å². The maximum absolute atomic E-state index is 12.2. The SMILES string of the molecule is COC(C)(C)CNCc1ccc(SC(F)(F)F)cc1. The second kappa shape index (κ2) is 6.63. The molecule has 0 saturated carbocycles. The van der Waals surface area contributed by atoms with Crippen molar-refractivity contribution in [1.82, 2.24) is 5.32 Å².